The third-order valence-electron chi connectivity index (χ3n) is 2.43. The van der Waals surface area contributed by atoms with Gasteiger partial charge in [-0.05, 0) is 29.6 Å². The predicted molar refractivity (Wildman–Crippen MR) is 77.9 cm³/mol. The van der Waals surface area contributed by atoms with Crippen LogP contribution in [0.5, 0.6) is 0 Å². The molecule has 0 amide bonds. The van der Waals surface area contributed by atoms with Gasteiger partial charge in [0.05, 0.1) is 15.4 Å². The Bertz CT molecular complexity index is 739. The monoisotopic (exact) mass is 314 g/mol. The topological polar surface area (TPSA) is 25.8 Å². The van der Waals surface area contributed by atoms with Crippen molar-refractivity contribution < 1.29 is 0 Å². The molecule has 0 atom stereocenters. The minimum Gasteiger partial charge on any atom is -0.227 e. The normalized spacial score (nSPS) is 11.1. The number of hydrogen-bond acceptors (Lipinski definition) is 3. The van der Waals surface area contributed by atoms with Crippen molar-refractivity contribution in [1.82, 2.24) is 9.97 Å². The van der Waals surface area contributed by atoms with Gasteiger partial charge in [-0.2, -0.15) is 0 Å². The zero-order chi connectivity index (χ0) is 12.7. The zero-order valence-corrected chi connectivity index (χ0v) is 11.9. The Balaban J connectivity index is 2.30. The van der Waals surface area contributed by atoms with Crippen LogP contribution in [0, 0.1) is 0 Å². The minimum absolute atomic E-state index is 0.399. The Hall–Kier alpha value is -0.870. The average molecular weight is 316 g/mol. The van der Waals surface area contributed by atoms with E-state index in [9.17, 15) is 0 Å². The summed E-state index contributed by atoms with van der Waals surface area (Å²) in [6, 6.07) is 7.13. The fourth-order valence-corrected chi connectivity index (χ4v) is 3.10. The van der Waals surface area contributed by atoms with Crippen molar-refractivity contribution in [1.29, 1.82) is 0 Å². The maximum Gasteiger partial charge on any atom is 0.173 e. The Kier molecular flexibility index (Phi) is 3.16. The smallest absolute Gasteiger partial charge is 0.173 e. The molecule has 0 radical (unpaired) electrons. The molecule has 0 fully saturated rings. The molecule has 0 unspecified atom stereocenters. The van der Waals surface area contributed by atoms with E-state index in [2.05, 4.69) is 9.97 Å². The van der Waals surface area contributed by atoms with Gasteiger partial charge in [0, 0.05) is 10.4 Å². The van der Waals surface area contributed by atoms with Crippen molar-refractivity contribution in [2.45, 2.75) is 0 Å². The Morgan fingerprint density at radius 3 is 2.56 bits per heavy atom. The molecule has 2 heterocycles. The van der Waals surface area contributed by atoms with E-state index >= 15 is 0 Å². The molecule has 3 aromatic rings. The van der Waals surface area contributed by atoms with Crippen LogP contribution in [0.15, 0.2) is 29.6 Å². The van der Waals surface area contributed by atoms with E-state index < -0.39 is 0 Å². The molecular formula is C12H5Cl3N2S. The first-order valence-corrected chi connectivity index (χ1v) is 7.02. The maximum absolute atomic E-state index is 6.15. The van der Waals surface area contributed by atoms with Gasteiger partial charge in [-0.15, -0.1) is 11.3 Å². The van der Waals surface area contributed by atoms with Gasteiger partial charge in [0.1, 0.15) is 5.15 Å². The molecule has 90 valence electrons. The van der Waals surface area contributed by atoms with Crippen molar-refractivity contribution in [3.63, 3.8) is 0 Å². The van der Waals surface area contributed by atoms with E-state index in [1.165, 1.54) is 11.3 Å². The molecule has 18 heavy (non-hydrogen) atoms. The van der Waals surface area contributed by atoms with Crippen LogP contribution in [0.1, 0.15) is 0 Å². The number of halogens is 3. The van der Waals surface area contributed by atoms with E-state index in [-0.39, 0.29) is 0 Å². The second kappa shape index (κ2) is 4.67. The van der Waals surface area contributed by atoms with Gasteiger partial charge in [0.25, 0.3) is 0 Å². The Morgan fingerprint density at radius 2 is 1.83 bits per heavy atom. The maximum atomic E-state index is 6.15. The van der Waals surface area contributed by atoms with E-state index in [1.807, 2.05) is 5.38 Å². The Labute approximate surface area is 122 Å². The number of fused-ring (bicyclic) bond motifs is 1. The zero-order valence-electron chi connectivity index (χ0n) is 8.82. The molecule has 1 aromatic carbocycles. The molecule has 6 heteroatoms. The first-order chi connectivity index (χ1) is 8.65. The number of thiophene rings is 1. The fourth-order valence-electron chi connectivity index (χ4n) is 1.62. The standard InChI is InChI=1S/C12H5Cl3N2S/c13-6-1-2-7-9(5-6)16-12(17-11(7)15)10-8(14)3-4-18-10/h1-5H. The second-order valence-electron chi connectivity index (χ2n) is 3.60. The van der Waals surface area contributed by atoms with Gasteiger partial charge in [0.2, 0.25) is 0 Å². The highest BCUT2D eigenvalue weighted by Crippen LogP contribution is 2.33. The lowest BCUT2D eigenvalue weighted by molar-refractivity contribution is 1.24. The molecule has 3 rings (SSSR count). The van der Waals surface area contributed by atoms with Crippen LogP contribution < -0.4 is 0 Å². The highest BCUT2D eigenvalue weighted by molar-refractivity contribution is 7.14. The molecule has 0 aliphatic carbocycles. The number of rotatable bonds is 1. The largest absolute Gasteiger partial charge is 0.227 e. The van der Waals surface area contributed by atoms with Crippen molar-refractivity contribution in [2.24, 2.45) is 0 Å². The van der Waals surface area contributed by atoms with Gasteiger partial charge in [-0.25, -0.2) is 9.97 Å². The predicted octanol–water partition coefficient (Wildman–Crippen LogP) is 5.32. The van der Waals surface area contributed by atoms with E-state index in [0.29, 0.717) is 26.5 Å². The summed E-state index contributed by atoms with van der Waals surface area (Å²) in [5.74, 6) is 0.523. The molecule has 0 saturated carbocycles. The summed E-state index contributed by atoms with van der Waals surface area (Å²) >= 11 is 19.6. The molecule has 0 aliphatic heterocycles. The summed E-state index contributed by atoms with van der Waals surface area (Å²) in [6.07, 6.45) is 0. The van der Waals surface area contributed by atoms with Gasteiger partial charge < -0.3 is 0 Å². The van der Waals surface area contributed by atoms with E-state index in [0.717, 1.165) is 10.3 Å². The number of benzene rings is 1. The highest BCUT2D eigenvalue weighted by atomic mass is 35.5. The van der Waals surface area contributed by atoms with Crippen LogP contribution >= 0.6 is 46.1 Å². The summed E-state index contributed by atoms with van der Waals surface area (Å²) < 4.78 is 0. The van der Waals surface area contributed by atoms with Crippen LogP contribution in [0.2, 0.25) is 15.2 Å². The summed E-state index contributed by atoms with van der Waals surface area (Å²) in [4.78, 5) is 9.52. The lowest BCUT2D eigenvalue weighted by Gasteiger charge is -2.03. The fraction of sp³-hybridized carbons (Fsp3) is 0. The molecule has 0 spiro atoms. The molecule has 0 bridgehead atoms. The molecule has 0 N–H and O–H groups in total. The third kappa shape index (κ3) is 2.08. The summed E-state index contributed by atoms with van der Waals surface area (Å²) in [5.41, 5.74) is 0.710. The average Bonchev–Trinajstić information content (AvgIpc) is 2.74. The van der Waals surface area contributed by atoms with Crippen molar-refractivity contribution in [3.05, 3.63) is 44.8 Å². The SMILES string of the molecule is Clc1ccc2c(Cl)nc(-c3sccc3Cl)nc2c1. The van der Waals surface area contributed by atoms with Gasteiger partial charge in [0.15, 0.2) is 5.82 Å². The molecule has 0 aliphatic rings. The second-order valence-corrected chi connectivity index (χ2v) is 5.71. The van der Waals surface area contributed by atoms with E-state index in [1.54, 1.807) is 24.3 Å². The van der Waals surface area contributed by atoms with Crippen molar-refractivity contribution >= 4 is 57.0 Å². The summed E-state index contributed by atoms with van der Waals surface area (Å²) in [5, 5.41) is 4.29. The molecule has 2 nitrogen and oxygen atoms in total. The van der Waals surface area contributed by atoms with Crippen molar-refractivity contribution in [2.75, 3.05) is 0 Å². The third-order valence-corrected chi connectivity index (χ3v) is 4.29. The first kappa shape index (κ1) is 12.2. The number of aromatic nitrogens is 2. The van der Waals surface area contributed by atoms with Crippen LogP contribution in [0.3, 0.4) is 0 Å². The quantitative estimate of drug-likeness (QED) is 0.568. The summed E-state index contributed by atoms with van der Waals surface area (Å²) in [6.45, 7) is 0. The molecular weight excluding hydrogens is 311 g/mol. The van der Waals surface area contributed by atoms with Crippen LogP contribution in [-0.2, 0) is 0 Å². The minimum atomic E-state index is 0.399. The number of nitrogens with zero attached hydrogens (tertiary/aromatic N) is 2. The van der Waals surface area contributed by atoms with Crippen LogP contribution in [-0.4, -0.2) is 9.97 Å². The van der Waals surface area contributed by atoms with Crippen LogP contribution in [0.25, 0.3) is 21.6 Å². The number of hydrogen-bond donors (Lipinski definition) is 0. The Morgan fingerprint density at radius 1 is 1.00 bits per heavy atom. The van der Waals surface area contributed by atoms with Gasteiger partial charge in [-0.3, -0.25) is 0 Å². The first-order valence-electron chi connectivity index (χ1n) is 5.01. The molecule has 0 saturated heterocycles. The van der Waals surface area contributed by atoms with Gasteiger partial charge in [-0.1, -0.05) is 34.8 Å². The molecule has 2 aromatic heterocycles. The highest BCUT2D eigenvalue weighted by Gasteiger charge is 2.12. The van der Waals surface area contributed by atoms with Crippen molar-refractivity contribution in [3.8, 4) is 10.7 Å². The van der Waals surface area contributed by atoms with Crippen LogP contribution in [0.4, 0.5) is 0 Å². The van der Waals surface area contributed by atoms with Gasteiger partial charge >= 0.3 is 0 Å². The summed E-state index contributed by atoms with van der Waals surface area (Å²) in [7, 11) is 0. The lowest BCUT2D eigenvalue weighted by atomic mass is 10.2. The lowest BCUT2D eigenvalue weighted by Crippen LogP contribution is -1.90. The van der Waals surface area contributed by atoms with E-state index in [4.69, 9.17) is 34.8 Å².